The van der Waals surface area contributed by atoms with Gasteiger partial charge in [0.15, 0.2) is 0 Å². The van der Waals surface area contributed by atoms with Crippen molar-refractivity contribution in [1.82, 2.24) is 0 Å². The van der Waals surface area contributed by atoms with Crippen LogP contribution < -0.4 is 0 Å². The maximum atomic E-state index is 8.84. The van der Waals surface area contributed by atoms with Crippen molar-refractivity contribution in [3.8, 4) is 6.07 Å². The first-order chi connectivity index (χ1) is 6.11. The second-order valence-electron chi connectivity index (χ2n) is 3.98. The lowest BCUT2D eigenvalue weighted by Crippen LogP contribution is -2.07. The number of allylic oxidation sites excluding steroid dienone is 2. The molecule has 0 aliphatic rings. The normalized spacial score (nSPS) is 14.4. The van der Waals surface area contributed by atoms with E-state index >= 15 is 0 Å². The van der Waals surface area contributed by atoms with Gasteiger partial charge in [0.25, 0.3) is 0 Å². The van der Waals surface area contributed by atoms with Gasteiger partial charge in [0, 0.05) is 5.92 Å². The number of hydrogen-bond acceptors (Lipinski definition) is 1. The minimum absolute atomic E-state index is 0.241. The monoisotopic (exact) mass is 179 g/mol. The minimum Gasteiger partial charge on any atom is -0.198 e. The van der Waals surface area contributed by atoms with Gasteiger partial charge in [0.2, 0.25) is 0 Å². The molecule has 0 aromatic rings. The van der Waals surface area contributed by atoms with Gasteiger partial charge in [0.1, 0.15) is 0 Å². The Kier molecular flexibility index (Phi) is 6.32. The largest absolute Gasteiger partial charge is 0.198 e. The van der Waals surface area contributed by atoms with E-state index in [9.17, 15) is 0 Å². The van der Waals surface area contributed by atoms with E-state index in [1.54, 1.807) is 0 Å². The van der Waals surface area contributed by atoms with Crippen molar-refractivity contribution in [2.24, 2.45) is 11.8 Å². The Morgan fingerprint density at radius 2 is 2.08 bits per heavy atom. The molecule has 0 aromatic carbocycles. The molecule has 0 heterocycles. The van der Waals surface area contributed by atoms with Gasteiger partial charge in [0.05, 0.1) is 6.07 Å². The van der Waals surface area contributed by atoms with Crippen LogP contribution in [-0.2, 0) is 0 Å². The van der Waals surface area contributed by atoms with Crippen molar-refractivity contribution >= 4 is 0 Å². The van der Waals surface area contributed by atoms with Crippen molar-refractivity contribution in [2.75, 3.05) is 0 Å². The van der Waals surface area contributed by atoms with E-state index in [1.165, 1.54) is 5.57 Å². The lowest BCUT2D eigenvalue weighted by Gasteiger charge is -2.14. The summed E-state index contributed by atoms with van der Waals surface area (Å²) >= 11 is 0. The summed E-state index contributed by atoms with van der Waals surface area (Å²) in [6.07, 6.45) is 5.48. The first-order valence-electron chi connectivity index (χ1n) is 5.14. The van der Waals surface area contributed by atoms with Crippen LogP contribution in [0.3, 0.4) is 0 Å². The summed E-state index contributed by atoms with van der Waals surface area (Å²) in [6, 6.07) is 2.37. The molecule has 1 heteroatoms. The molecule has 0 fully saturated rings. The molecule has 2 atom stereocenters. The summed E-state index contributed by atoms with van der Waals surface area (Å²) < 4.78 is 0. The van der Waals surface area contributed by atoms with Gasteiger partial charge in [-0.1, -0.05) is 25.5 Å². The molecule has 1 nitrogen and oxygen atoms in total. The van der Waals surface area contributed by atoms with Gasteiger partial charge in [-0.2, -0.15) is 5.26 Å². The SMILES string of the molecule is CCC(C#N)C(C)CCC=C(C)C. The highest BCUT2D eigenvalue weighted by atomic mass is 14.3. The lowest BCUT2D eigenvalue weighted by molar-refractivity contribution is 0.402. The number of rotatable bonds is 5. The predicted octanol–water partition coefficient (Wildman–Crippen LogP) is 3.92. The van der Waals surface area contributed by atoms with Crippen molar-refractivity contribution in [3.05, 3.63) is 11.6 Å². The van der Waals surface area contributed by atoms with Crippen molar-refractivity contribution in [3.63, 3.8) is 0 Å². The topological polar surface area (TPSA) is 23.8 Å². The summed E-state index contributed by atoms with van der Waals surface area (Å²) in [5.74, 6) is 0.774. The van der Waals surface area contributed by atoms with E-state index in [2.05, 4.69) is 39.8 Å². The van der Waals surface area contributed by atoms with Crippen LogP contribution in [0.2, 0.25) is 0 Å². The summed E-state index contributed by atoms with van der Waals surface area (Å²) in [7, 11) is 0. The first kappa shape index (κ1) is 12.2. The Bertz CT molecular complexity index is 194. The highest BCUT2D eigenvalue weighted by Gasteiger charge is 2.13. The van der Waals surface area contributed by atoms with Gasteiger partial charge in [-0.3, -0.25) is 0 Å². The fourth-order valence-electron chi connectivity index (χ4n) is 1.46. The van der Waals surface area contributed by atoms with E-state index in [4.69, 9.17) is 5.26 Å². The van der Waals surface area contributed by atoms with Gasteiger partial charge < -0.3 is 0 Å². The molecule has 0 spiro atoms. The van der Waals surface area contributed by atoms with Crippen LogP contribution in [0.4, 0.5) is 0 Å². The molecule has 0 amide bonds. The molecule has 0 bridgehead atoms. The van der Waals surface area contributed by atoms with Crippen molar-refractivity contribution in [2.45, 2.75) is 47.0 Å². The van der Waals surface area contributed by atoms with E-state index < -0.39 is 0 Å². The van der Waals surface area contributed by atoms with E-state index in [0.717, 1.165) is 19.3 Å². The third-order valence-electron chi connectivity index (χ3n) is 2.47. The fraction of sp³-hybridized carbons (Fsp3) is 0.750. The molecule has 13 heavy (non-hydrogen) atoms. The molecule has 0 saturated carbocycles. The molecular weight excluding hydrogens is 158 g/mol. The third kappa shape index (κ3) is 5.47. The maximum absolute atomic E-state index is 8.84. The summed E-state index contributed by atoms with van der Waals surface area (Å²) in [6.45, 7) is 8.50. The molecule has 2 unspecified atom stereocenters. The van der Waals surface area contributed by atoms with Crippen LogP contribution in [0.25, 0.3) is 0 Å². The highest BCUT2D eigenvalue weighted by Crippen LogP contribution is 2.19. The Labute approximate surface area is 82.5 Å². The smallest absolute Gasteiger partial charge is 0.0658 e. The Hall–Kier alpha value is -0.770. The van der Waals surface area contributed by atoms with E-state index in [0.29, 0.717) is 5.92 Å². The molecule has 74 valence electrons. The summed E-state index contributed by atoms with van der Waals surface area (Å²) in [4.78, 5) is 0. The molecule has 0 aliphatic carbocycles. The van der Waals surface area contributed by atoms with Crippen LogP contribution in [0, 0.1) is 23.2 Å². The number of nitriles is 1. The van der Waals surface area contributed by atoms with E-state index in [1.807, 2.05) is 0 Å². The van der Waals surface area contributed by atoms with Gasteiger partial charge >= 0.3 is 0 Å². The molecule has 0 radical (unpaired) electrons. The standard InChI is InChI=1S/C12H21N/c1-5-12(9-13)11(4)8-6-7-10(2)3/h7,11-12H,5-6,8H2,1-4H3. The fourth-order valence-corrected chi connectivity index (χ4v) is 1.46. The second kappa shape index (κ2) is 6.71. The van der Waals surface area contributed by atoms with Gasteiger partial charge in [-0.25, -0.2) is 0 Å². The van der Waals surface area contributed by atoms with E-state index in [-0.39, 0.29) is 5.92 Å². The quantitative estimate of drug-likeness (QED) is 0.587. The Balaban J connectivity index is 3.80. The predicted molar refractivity (Wildman–Crippen MR) is 57.2 cm³/mol. The zero-order valence-corrected chi connectivity index (χ0v) is 9.30. The first-order valence-corrected chi connectivity index (χ1v) is 5.14. The molecule has 0 aromatic heterocycles. The molecule has 0 aliphatic heterocycles. The van der Waals surface area contributed by atoms with Gasteiger partial charge in [-0.05, 0) is 39.0 Å². The Morgan fingerprint density at radius 1 is 1.46 bits per heavy atom. The molecule has 0 N–H and O–H groups in total. The summed E-state index contributed by atoms with van der Waals surface area (Å²) in [5, 5.41) is 8.84. The van der Waals surface area contributed by atoms with Crippen LogP contribution >= 0.6 is 0 Å². The number of nitrogens with zero attached hydrogens (tertiary/aromatic N) is 1. The molecular formula is C12H21N. The zero-order chi connectivity index (χ0) is 10.3. The summed E-state index contributed by atoms with van der Waals surface area (Å²) in [5.41, 5.74) is 1.37. The second-order valence-corrected chi connectivity index (χ2v) is 3.98. The average Bonchev–Trinajstić information content (AvgIpc) is 2.05. The highest BCUT2D eigenvalue weighted by molar-refractivity contribution is 4.94. The van der Waals surface area contributed by atoms with Crippen LogP contribution in [0.5, 0.6) is 0 Å². The van der Waals surface area contributed by atoms with Gasteiger partial charge in [-0.15, -0.1) is 0 Å². The van der Waals surface area contributed by atoms with Crippen LogP contribution in [0.15, 0.2) is 11.6 Å². The third-order valence-corrected chi connectivity index (χ3v) is 2.47. The average molecular weight is 179 g/mol. The zero-order valence-electron chi connectivity index (χ0n) is 9.30. The van der Waals surface area contributed by atoms with Crippen molar-refractivity contribution < 1.29 is 0 Å². The number of hydrogen-bond donors (Lipinski definition) is 0. The minimum atomic E-state index is 0.241. The van der Waals surface area contributed by atoms with Crippen LogP contribution in [-0.4, -0.2) is 0 Å². The van der Waals surface area contributed by atoms with Crippen molar-refractivity contribution in [1.29, 1.82) is 5.26 Å². The lowest BCUT2D eigenvalue weighted by atomic mass is 9.89. The molecule has 0 rings (SSSR count). The van der Waals surface area contributed by atoms with Crippen LogP contribution in [0.1, 0.15) is 47.0 Å². The maximum Gasteiger partial charge on any atom is 0.0658 e. The molecule has 0 saturated heterocycles. The Morgan fingerprint density at radius 3 is 2.46 bits per heavy atom.